The molecule has 2 aromatic carbocycles. The summed E-state index contributed by atoms with van der Waals surface area (Å²) in [5.41, 5.74) is 1.54. The second kappa shape index (κ2) is 11.6. The predicted octanol–water partition coefficient (Wildman–Crippen LogP) is 6.95. The average molecular weight is 573 g/mol. The highest BCUT2D eigenvalue weighted by atomic mass is 19.4. The number of hydrogen-bond acceptors (Lipinski definition) is 5. The molecule has 0 spiro atoms. The first-order valence-corrected chi connectivity index (χ1v) is 13.1. The topological polar surface area (TPSA) is 71.4 Å². The molecule has 0 radical (unpaired) electrons. The van der Waals surface area contributed by atoms with Gasteiger partial charge in [0.1, 0.15) is 17.9 Å². The van der Waals surface area contributed by atoms with Crippen molar-refractivity contribution in [2.45, 2.75) is 76.6 Å². The van der Waals surface area contributed by atoms with Gasteiger partial charge in [-0.3, -0.25) is 4.79 Å². The lowest BCUT2D eigenvalue weighted by Gasteiger charge is -2.23. The maximum atomic E-state index is 13.9. The minimum Gasteiger partial charge on any atom is -0.481 e. The summed E-state index contributed by atoms with van der Waals surface area (Å²) in [6, 6.07) is 8.04. The fraction of sp³-hybridized carbons (Fsp3) is 0.500. The van der Waals surface area contributed by atoms with Crippen LogP contribution in [0, 0.1) is 0 Å². The van der Waals surface area contributed by atoms with Crippen molar-refractivity contribution < 1.29 is 45.7 Å². The van der Waals surface area contributed by atoms with Gasteiger partial charge in [0.15, 0.2) is 6.10 Å². The molecule has 6 nitrogen and oxygen atoms in total. The number of rotatable bonds is 10. The molecule has 0 saturated carbocycles. The summed E-state index contributed by atoms with van der Waals surface area (Å²) in [7, 11) is 0. The van der Waals surface area contributed by atoms with E-state index < -0.39 is 54.3 Å². The Hall–Kier alpha value is -3.44. The van der Waals surface area contributed by atoms with E-state index >= 15 is 0 Å². The van der Waals surface area contributed by atoms with E-state index in [1.165, 1.54) is 13.0 Å². The number of ether oxygens (including phenoxy) is 2. The van der Waals surface area contributed by atoms with Gasteiger partial charge in [0, 0.05) is 30.8 Å². The van der Waals surface area contributed by atoms with Crippen LogP contribution in [-0.2, 0) is 22.1 Å². The van der Waals surface area contributed by atoms with Crippen LogP contribution < -0.4 is 9.64 Å². The molecule has 0 saturated heterocycles. The Kier molecular flexibility index (Phi) is 8.55. The molecule has 2 aliphatic heterocycles. The number of anilines is 1. The van der Waals surface area contributed by atoms with Crippen LogP contribution in [-0.4, -0.2) is 48.4 Å². The SMILES string of the molecule is CCC1OC(c2ccc(OC(CC)C(F)(F)F)c(C(F)(F)F)c2)=NC1c1cccc2c1CCN2CCCC(=O)O. The Labute approximate surface area is 227 Å². The highest BCUT2D eigenvalue weighted by Gasteiger charge is 2.43. The molecule has 3 unspecified atom stereocenters. The first-order chi connectivity index (χ1) is 18.8. The molecule has 2 aromatic rings. The summed E-state index contributed by atoms with van der Waals surface area (Å²) < 4.78 is 92.0. The van der Waals surface area contributed by atoms with Crippen LogP contribution in [0.3, 0.4) is 0 Å². The number of fused-ring (bicyclic) bond motifs is 1. The number of benzene rings is 2. The van der Waals surface area contributed by atoms with Crippen LogP contribution >= 0.6 is 0 Å². The molecule has 0 fully saturated rings. The van der Waals surface area contributed by atoms with Gasteiger partial charge in [-0.1, -0.05) is 26.0 Å². The number of nitrogens with zero attached hydrogens (tertiary/aromatic N) is 2. The fourth-order valence-corrected chi connectivity index (χ4v) is 5.15. The summed E-state index contributed by atoms with van der Waals surface area (Å²) in [5.74, 6) is -1.79. The second-order valence-corrected chi connectivity index (χ2v) is 9.79. The lowest BCUT2D eigenvalue weighted by molar-refractivity contribution is -0.197. The highest BCUT2D eigenvalue weighted by Crippen LogP contribution is 2.42. The van der Waals surface area contributed by atoms with E-state index in [1.54, 1.807) is 0 Å². The molecule has 40 heavy (non-hydrogen) atoms. The largest absolute Gasteiger partial charge is 0.481 e. The molecular weight excluding hydrogens is 542 g/mol. The van der Waals surface area contributed by atoms with Gasteiger partial charge in [-0.25, -0.2) is 4.99 Å². The van der Waals surface area contributed by atoms with Crippen LogP contribution in [0.5, 0.6) is 5.75 Å². The van der Waals surface area contributed by atoms with E-state index in [1.807, 2.05) is 25.1 Å². The predicted molar refractivity (Wildman–Crippen MR) is 136 cm³/mol. The first-order valence-electron chi connectivity index (χ1n) is 13.1. The van der Waals surface area contributed by atoms with Crippen molar-refractivity contribution in [1.29, 1.82) is 0 Å². The van der Waals surface area contributed by atoms with E-state index in [9.17, 15) is 31.1 Å². The van der Waals surface area contributed by atoms with Gasteiger partial charge >= 0.3 is 18.3 Å². The lowest BCUT2D eigenvalue weighted by atomic mass is 9.94. The maximum absolute atomic E-state index is 13.9. The van der Waals surface area contributed by atoms with E-state index in [-0.39, 0.29) is 17.9 Å². The molecule has 0 bridgehead atoms. The third-order valence-corrected chi connectivity index (χ3v) is 7.11. The van der Waals surface area contributed by atoms with Gasteiger partial charge in [0.25, 0.3) is 0 Å². The van der Waals surface area contributed by atoms with E-state index in [2.05, 4.69) is 9.89 Å². The summed E-state index contributed by atoms with van der Waals surface area (Å²) in [4.78, 5) is 17.7. The van der Waals surface area contributed by atoms with Crippen molar-refractivity contribution in [2.24, 2.45) is 4.99 Å². The maximum Gasteiger partial charge on any atom is 0.425 e. The summed E-state index contributed by atoms with van der Waals surface area (Å²) in [6.45, 7) is 4.34. The van der Waals surface area contributed by atoms with E-state index in [0.717, 1.165) is 22.9 Å². The number of halogens is 6. The average Bonchev–Trinajstić information content (AvgIpc) is 3.50. The van der Waals surface area contributed by atoms with Gasteiger partial charge in [0.2, 0.25) is 5.90 Å². The Morgan fingerprint density at radius 2 is 1.93 bits per heavy atom. The summed E-state index contributed by atoms with van der Waals surface area (Å²) in [6.07, 6.45) is -11.4. The molecule has 0 aliphatic carbocycles. The number of carbonyl (C=O) groups is 1. The van der Waals surface area contributed by atoms with Crippen LogP contribution in [0.15, 0.2) is 41.4 Å². The highest BCUT2D eigenvalue weighted by molar-refractivity contribution is 5.96. The molecule has 12 heteroatoms. The lowest BCUT2D eigenvalue weighted by Crippen LogP contribution is -2.34. The van der Waals surface area contributed by atoms with Crippen LogP contribution in [0.2, 0.25) is 0 Å². The third kappa shape index (κ3) is 6.31. The minimum atomic E-state index is -4.97. The molecule has 2 aliphatic rings. The zero-order chi connectivity index (χ0) is 29.2. The van der Waals surface area contributed by atoms with Gasteiger partial charge in [-0.05, 0) is 61.1 Å². The fourth-order valence-electron chi connectivity index (χ4n) is 5.15. The summed E-state index contributed by atoms with van der Waals surface area (Å²) >= 11 is 0. The zero-order valence-corrected chi connectivity index (χ0v) is 22.0. The minimum absolute atomic E-state index is 0.0106. The molecular formula is C28H30F6N2O4. The normalized spacial score (nSPS) is 19.7. The number of carboxylic acids is 1. The van der Waals surface area contributed by atoms with Crippen LogP contribution in [0.4, 0.5) is 32.0 Å². The Balaban J connectivity index is 1.65. The number of hydrogen-bond donors (Lipinski definition) is 1. The second-order valence-electron chi connectivity index (χ2n) is 9.79. The summed E-state index contributed by atoms with van der Waals surface area (Å²) in [5, 5.41) is 8.94. The number of aliphatic imine (C=N–C) groups is 1. The van der Waals surface area contributed by atoms with Crippen LogP contribution in [0.1, 0.15) is 67.8 Å². The molecule has 2 heterocycles. The van der Waals surface area contributed by atoms with Gasteiger partial charge in [-0.15, -0.1) is 0 Å². The quantitative estimate of drug-likeness (QED) is 0.312. The Morgan fingerprint density at radius 1 is 1.18 bits per heavy atom. The van der Waals surface area contributed by atoms with Crippen LogP contribution in [0.25, 0.3) is 0 Å². The zero-order valence-electron chi connectivity index (χ0n) is 22.0. The van der Waals surface area contributed by atoms with Crippen molar-refractivity contribution >= 4 is 17.6 Å². The molecule has 0 aromatic heterocycles. The van der Waals surface area contributed by atoms with Crippen molar-refractivity contribution in [3.05, 3.63) is 58.7 Å². The van der Waals surface area contributed by atoms with Gasteiger partial charge < -0.3 is 19.5 Å². The monoisotopic (exact) mass is 572 g/mol. The molecule has 4 rings (SSSR count). The molecule has 0 amide bonds. The molecule has 218 valence electrons. The van der Waals surface area contributed by atoms with E-state index in [0.29, 0.717) is 38.4 Å². The number of alkyl halides is 6. The van der Waals surface area contributed by atoms with Crippen molar-refractivity contribution in [3.63, 3.8) is 0 Å². The molecule has 3 atom stereocenters. The Bertz CT molecular complexity index is 1260. The van der Waals surface area contributed by atoms with Crippen molar-refractivity contribution in [3.8, 4) is 5.75 Å². The number of aliphatic carboxylic acids is 1. The number of carboxylic acid groups (broad SMARTS) is 1. The van der Waals surface area contributed by atoms with Crippen molar-refractivity contribution in [2.75, 3.05) is 18.0 Å². The van der Waals surface area contributed by atoms with Crippen molar-refractivity contribution in [1.82, 2.24) is 0 Å². The standard InChI is InChI=1S/C28H30F6N2O4/c1-3-21-25(18-7-5-8-20-17(18)12-14-36(20)13-6-9-24(37)38)35-26(40-21)16-10-11-22(19(15-16)27(29,30)31)39-23(4-2)28(32,33)34/h5,7-8,10-11,15,21,23,25H,3-4,6,9,12-14H2,1-2H3,(H,37,38). The van der Waals surface area contributed by atoms with Gasteiger partial charge in [-0.2, -0.15) is 26.3 Å². The van der Waals surface area contributed by atoms with Gasteiger partial charge in [0.05, 0.1) is 5.56 Å². The smallest absolute Gasteiger partial charge is 0.425 e. The molecule has 1 N–H and O–H groups in total. The van der Waals surface area contributed by atoms with E-state index in [4.69, 9.17) is 14.6 Å². The Morgan fingerprint density at radius 3 is 2.55 bits per heavy atom. The first kappa shape index (κ1) is 29.5. The third-order valence-electron chi connectivity index (χ3n) is 7.11.